The number of hydrogen-bond acceptors (Lipinski definition) is 7. The molecule has 0 aliphatic carbocycles. The maximum Gasteiger partial charge on any atom is 0.266 e. The highest BCUT2D eigenvalue weighted by Crippen LogP contribution is 2.28. The molecule has 2 aromatic carbocycles. The van der Waals surface area contributed by atoms with Crippen molar-refractivity contribution in [3.8, 4) is 28.5 Å². The minimum Gasteiger partial charge on any atom is -0.494 e. The quantitative estimate of drug-likeness (QED) is 0.635. The molecule has 1 atom stereocenters. The van der Waals surface area contributed by atoms with Gasteiger partial charge in [-0.1, -0.05) is 12.1 Å². The highest BCUT2D eigenvalue weighted by molar-refractivity contribution is 5.96. The molecular formula is C20H21N3O5. The van der Waals surface area contributed by atoms with Crippen molar-refractivity contribution >= 4 is 11.7 Å². The number of anilines is 1. The summed E-state index contributed by atoms with van der Waals surface area (Å²) in [5.41, 5.74) is 1.15. The van der Waals surface area contributed by atoms with Gasteiger partial charge in [-0.05, 0) is 60.6 Å². The molecule has 0 fully saturated rings. The van der Waals surface area contributed by atoms with Gasteiger partial charge in [-0.15, -0.1) is 0 Å². The molecule has 3 rings (SSSR count). The number of nitrogens with zero attached hydrogens (tertiary/aromatic N) is 2. The predicted octanol–water partition coefficient (Wildman–Crippen LogP) is 3.55. The van der Waals surface area contributed by atoms with E-state index >= 15 is 0 Å². The number of nitrogens with one attached hydrogen (secondary N) is 1. The van der Waals surface area contributed by atoms with Gasteiger partial charge in [-0.2, -0.15) is 0 Å². The Balaban J connectivity index is 1.70. The Hall–Kier alpha value is -3.55. The summed E-state index contributed by atoms with van der Waals surface area (Å²) in [6, 6.07) is 14.4. The Morgan fingerprint density at radius 3 is 2.50 bits per heavy atom. The monoisotopic (exact) mass is 383 g/mol. The first kappa shape index (κ1) is 19.2. The molecule has 0 bridgehead atoms. The number of aromatic nitrogens is 2. The Morgan fingerprint density at radius 1 is 1.11 bits per heavy atom. The normalized spacial score (nSPS) is 11.5. The highest BCUT2D eigenvalue weighted by atomic mass is 16.6. The van der Waals surface area contributed by atoms with Crippen molar-refractivity contribution in [1.82, 2.24) is 10.3 Å². The molecule has 0 aliphatic heterocycles. The van der Waals surface area contributed by atoms with Gasteiger partial charge in [0.15, 0.2) is 23.3 Å². The number of benzene rings is 2. The van der Waals surface area contributed by atoms with Gasteiger partial charge in [0.05, 0.1) is 13.7 Å². The van der Waals surface area contributed by atoms with Crippen LogP contribution in [0.4, 0.5) is 5.82 Å². The lowest BCUT2D eigenvalue weighted by Crippen LogP contribution is -2.30. The molecule has 1 unspecified atom stereocenters. The van der Waals surface area contributed by atoms with Crippen LogP contribution in [0.1, 0.15) is 13.8 Å². The number of amides is 1. The van der Waals surface area contributed by atoms with E-state index in [4.69, 9.17) is 18.8 Å². The number of para-hydroxylation sites is 2. The Labute approximate surface area is 162 Å². The van der Waals surface area contributed by atoms with E-state index in [9.17, 15) is 4.79 Å². The van der Waals surface area contributed by atoms with Crippen molar-refractivity contribution in [3.63, 3.8) is 0 Å². The number of ether oxygens (including phenoxy) is 3. The van der Waals surface area contributed by atoms with Crippen LogP contribution in [0.25, 0.3) is 11.3 Å². The van der Waals surface area contributed by atoms with Gasteiger partial charge in [-0.3, -0.25) is 4.79 Å². The largest absolute Gasteiger partial charge is 0.494 e. The lowest BCUT2D eigenvalue weighted by molar-refractivity contribution is -0.122. The second-order valence-corrected chi connectivity index (χ2v) is 5.82. The smallest absolute Gasteiger partial charge is 0.266 e. The molecule has 146 valence electrons. The fourth-order valence-corrected chi connectivity index (χ4v) is 2.51. The van der Waals surface area contributed by atoms with Crippen LogP contribution in [0, 0.1) is 0 Å². The Morgan fingerprint density at radius 2 is 1.82 bits per heavy atom. The van der Waals surface area contributed by atoms with Crippen LogP contribution < -0.4 is 19.5 Å². The van der Waals surface area contributed by atoms with E-state index in [1.807, 2.05) is 37.3 Å². The number of methoxy groups -OCH3 is 1. The first-order valence-corrected chi connectivity index (χ1v) is 8.78. The van der Waals surface area contributed by atoms with Crippen LogP contribution in [-0.4, -0.2) is 36.0 Å². The lowest BCUT2D eigenvalue weighted by Gasteiger charge is -2.16. The van der Waals surface area contributed by atoms with Crippen molar-refractivity contribution in [2.75, 3.05) is 19.0 Å². The fraction of sp³-hybridized carbons (Fsp3) is 0.250. The molecule has 8 heteroatoms. The first-order valence-electron chi connectivity index (χ1n) is 8.78. The molecule has 1 N–H and O–H groups in total. The summed E-state index contributed by atoms with van der Waals surface area (Å²) in [5, 5.41) is 10.4. The summed E-state index contributed by atoms with van der Waals surface area (Å²) < 4.78 is 21.2. The average Bonchev–Trinajstić information content (AvgIpc) is 3.17. The number of rotatable bonds is 8. The second-order valence-electron chi connectivity index (χ2n) is 5.82. The van der Waals surface area contributed by atoms with E-state index in [0.717, 1.165) is 11.3 Å². The van der Waals surface area contributed by atoms with E-state index in [0.29, 0.717) is 23.8 Å². The zero-order valence-electron chi connectivity index (χ0n) is 15.8. The van der Waals surface area contributed by atoms with Crippen molar-refractivity contribution in [2.45, 2.75) is 20.0 Å². The van der Waals surface area contributed by atoms with Crippen molar-refractivity contribution in [3.05, 3.63) is 48.5 Å². The highest BCUT2D eigenvalue weighted by Gasteiger charge is 2.21. The third kappa shape index (κ3) is 4.40. The van der Waals surface area contributed by atoms with Gasteiger partial charge < -0.3 is 19.5 Å². The summed E-state index contributed by atoms with van der Waals surface area (Å²) in [6.07, 6.45) is -0.791. The third-order valence-electron chi connectivity index (χ3n) is 3.91. The van der Waals surface area contributed by atoms with E-state index in [1.54, 1.807) is 25.1 Å². The van der Waals surface area contributed by atoms with E-state index in [1.165, 1.54) is 7.11 Å². The first-order chi connectivity index (χ1) is 13.6. The molecule has 1 heterocycles. The summed E-state index contributed by atoms with van der Waals surface area (Å²) in [7, 11) is 1.54. The van der Waals surface area contributed by atoms with Crippen LogP contribution >= 0.6 is 0 Å². The molecule has 8 nitrogen and oxygen atoms in total. The Bertz CT molecular complexity index is 924. The van der Waals surface area contributed by atoms with Gasteiger partial charge in [0, 0.05) is 5.56 Å². The van der Waals surface area contributed by atoms with Crippen molar-refractivity contribution in [2.24, 2.45) is 0 Å². The lowest BCUT2D eigenvalue weighted by atomic mass is 10.1. The molecule has 0 saturated heterocycles. The SMILES string of the molecule is CCOc1ccc(-c2nonc2NC(=O)C(C)Oc2ccccc2OC)cc1. The topological polar surface area (TPSA) is 95.7 Å². The van der Waals surface area contributed by atoms with E-state index < -0.39 is 12.0 Å². The van der Waals surface area contributed by atoms with Gasteiger partial charge >= 0.3 is 0 Å². The molecule has 3 aromatic rings. The van der Waals surface area contributed by atoms with Gasteiger partial charge in [0.2, 0.25) is 5.82 Å². The zero-order chi connectivity index (χ0) is 19.9. The molecule has 0 aliphatic rings. The van der Waals surface area contributed by atoms with Gasteiger partial charge in [-0.25, -0.2) is 4.63 Å². The Kier molecular flexibility index (Phi) is 6.11. The third-order valence-corrected chi connectivity index (χ3v) is 3.91. The molecular weight excluding hydrogens is 362 g/mol. The minimum absolute atomic E-state index is 0.213. The van der Waals surface area contributed by atoms with Crippen LogP contribution in [-0.2, 0) is 4.79 Å². The molecule has 0 spiro atoms. The molecule has 28 heavy (non-hydrogen) atoms. The molecule has 0 saturated carbocycles. The molecule has 1 aromatic heterocycles. The number of hydrogen-bond donors (Lipinski definition) is 1. The van der Waals surface area contributed by atoms with Crippen LogP contribution in [0.15, 0.2) is 53.2 Å². The molecule has 1 amide bonds. The summed E-state index contributed by atoms with van der Waals surface area (Å²) in [4.78, 5) is 12.5. The maximum absolute atomic E-state index is 12.5. The standard InChI is InChI=1S/C20H21N3O5/c1-4-26-15-11-9-14(10-12-15)18-19(23-28-22-18)21-20(24)13(2)27-17-8-6-5-7-16(17)25-3/h5-13H,4H2,1-3H3,(H,21,23,24). The zero-order valence-corrected chi connectivity index (χ0v) is 15.8. The van der Waals surface area contributed by atoms with Crippen molar-refractivity contribution < 1.29 is 23.6 Å². The van der Waals surface area contributed by atoms with Crippen LogP contribution in [0.3, 0.4) is 0 Å². The summed E-state index contributed by atoms with van der Waals surface area (Å²) >= 11 is 0. The van der Waals surface area contributed by atoms with Crippen LogP contribution in [0.5, 0.6) is 17.2 Å². The summed E-state index contributed by atoms with van der Waals surface area (Å²) in [5.74, 6) is 1.57. The fourth-order valence-electron chi connectivity index (χ4n) is 2.51. The minimum atomic E-state index is -0.791. The van der Waals surface area contributed by atoms with Gasteiger partial charge in [0.25, 0.3) is 5.91 Å². The predicted molar refractivity (Wildman–Crippen MR) is 103 cm³/mol. The van der Waals surface area contributed by atoms with Crippen LogP contribution in [0.2, 0.25) is 0 Å². The van der Waals surface area contributed by atoms with Crippen molar-refractivity contribution in [1.29, 1.82) is 0 Å². The van der Waals surface area contributed by atoms with E-state index in [2.05, 4.69) is 15.6 Å². The van der Waals surface area contributed by atoms with E-state index in [-0.39, 0.29) is 5.82 Å². The van der Waals surface area contributed by atoms with Gasteiger partial charge in [0.1, 0.15) is 5.75 Å². The summed E-state index contributed by atoms with van der Waals surface area (Å²) in [6.45, 7) is 4.12. The maximum atomic E-state index is 12.5. The molecule has 0 radical (unpaired) electrons. The second kappa shape index (κ2) is 8.90. The average molecular weight is 383 g/mol. The number of carbonyl (C=O) groups is 1. The number of carbonyl (C=O) groups excluding carboxylic acids is 1.